The van der Waals surface area contributed by atoms with Gasteiger partial charge < -0.3 is 5.32 Å². The molecule has 0 aliphatic heterocycles. The Morgan fingerprint density at radius 3 is 2.50 bits per heavy atom. The fourth-order valence-electron chi connectivity index (χ4n) is 2.63. The largest absolute Gasteiger partial charge is 0.358 e. The quantitative estimate of drug-likeness (QED) is 0.588. The van der Waals surface area contributed by atoms with Crippen LogP contribution in [0.2, 0.25) is 0 Å². The van der Waals surface area contributed by atoms with E-state index in [9.17, 15) is 0 Å². The Bertz CT molecular complexity index is 456. The highest BCUT2D eigenvalue weighted by atomic mass is 32.1. The van der Waals surface area contributed by atoms with Gasteiger partial charge in [-0.25, -0.2) is 9.97 Å². The molecule has 1 aromatic heterocycles. The third-order valence-electron chi connectivity index (χ3n) is 3.70. The van der Waals surface area contributed by atoms with Crippen molar-refractivity contribution in [3.8, 4) is 0 Å². The second kappa shape index (κ2) is 6.83. The maximum atomic E-state index is 5.31. The van der Waals surface area contributed by atoms with Crippen LogP contribution in [0.1, 0.15) is 44.0 Å². The van der Waals surface area contributed by atoms with E-state index in [2.05, 4.69) is 33.1 Å². The fraction of sp³-hybridized carbons (Fsp3) is 0.643. The van der Waals surface area contributed by atoms with E-state index in [0.717, 1.165) is 11.4 Å². The molecule has 0 radical (unpaired) electrons. The molecule has 1 fully saturated rings. The van der Waals surface area contributed by atoms with Gasteiger partial charge in [0.25, 0.3) is 0 Å². The number of aryl methyl sites for hydroxylation is 2. The van der Waals surface area contributed by atoms with Gasteiger partial charge >= 0.3 is 0 Å². The molecule has 0 amide bonds. The van der Waals surface area contributed by atoms with Crippen molar-refractivity contribution in [3.63, 3.8) is 0 Å². The Morgan fingerprint density at radius 1 is 1.20 bits per heavy atom. The van der Waals surface area contributed by atoms with E-state index in [0.29, 0.717) is 23.0 Å². The zero-order valence-electron chi connectivity index (χ0n) is 12.4. The van der Waals surface area contributed by atoms with Gasteiger partial charge in [0.2, 0.25) is 5.95 Å². The molecule has 1 heterocycles. The average Bonchev–Trinajstić information content (AvgIpc) is 2.38. The van der Waals surface area contributed by atoms with Crippen molar-refractivity contribution in [2.45, 2.75) is 52.5 Å². The maximum absolute atomic E-state index is 5.31. The minimum absolute atomic E-state index is 0.464. The third kappa shape index (κ3) is 4.30. The average molecular weight is 293 g/mol. The van der Waals surface area contributed by atoms with Crippen LogP contribution in [0.15, 0.2) is 6.07 Å². The summed E-state index contributed by atoms with van der Waals surface area (Å²) in [6.45, 7) is 6.17. The first-order valence-corrected chi connectivity index (χ1v) is 7.60. The Kier molecular flexibility index (Phi) is 5.11. The monoisotopic (exact) mass is 293 g/mol. The molecule has 1 aliphatic rings. The van der Waals surface area contributed by atoms with Crippen LogP contribution in [0.5, 0.6) is 0 Å². The Hall–Kier alpha value is -1.43. The van der Waals surface area contributed by atoms with Crippen LogP contribution in [-0.2, 0) is 0 Å². The molecule has 0 aromatic carbocycles. The van der Waals surface area contributed by atoms with E-state index in [-0.39, 0.29) is 0 Å². The van der Waals surface area contributed by atoms with Gasteiger partial charge in [0.15, 0.2) is 5.11 Å². The summed E-state index contributed by atoms with van der Waals surface area (Å²) in [6.07, 6.45) is 5.06. The van der Waals surface area contributed by atoms with Crippen molar-refractivity contribution < 1.29 is 0 Å². The summed E-state index contributed by atoms with van der Waals surface area (Å²) in [5, 5.41) is 3.97. The number of hydrogen-bond donors (Lipinski definition) is 3. The van der Waals surface area contributed by atoms with Crippen LogP contribution in [-0.4, -0.2) is 21.1 Å². The number of thiocarbonyl (C=S) groups is 1. The number of aromatic nitrogens is 2. The van der Waals surface area contributed by atoms with Crippen molar-refractivity contribution in [1.82, 2.24) is 20.7 Å². The highest BCUT2D eigenvalue weighted by Gasteiger charge is 2.21. The van der Waals surface area contributed by atoms with Gasteiger partial charge in [-0.1, -0.05) is 19.8 Å². The first-order valence-electron chi connectivity index (χ1n) is 7.19. The summed E-state index contributed by atoms with van der Waals surface area (Å²) in [4.78, 5) is 8.59. The zero-order chi connectivity index (χ0) is 14.5. The number of rotatable bonds is 3. The molecule has 0 saturated heterocycles. The smallest absolute Gasteiger partial charge is 0.242 e. The van der Waals surface area contributed by atoms with Gasteiger partial charge in [-0.3, -0.25) is 10.9 Å². The van der Waals surface area contributed by atoms with E-state index in [1.807, 2.05) is 19.9 Å². The normalized spacial score (nSPS) is 22.1. The van der Waals surface area contributed by atoms with E-state index in [1.165, 1.54) is 25.7 Å². The SMILES string of the molecule is Cc1cc(C)nc(NNC(=S)NC2CCCCC2C)n1. The second-order valence-corrected chi connectivity index (χ2v) is 5.97. The lowest BCUT2D eigenvalue weighted by Crippen LogP contribution is -2.47. The van der Waals surface area contributed by atoms with E-state index >= 15 is 0 Å². The van der Waals surface area contributed by atoms with Gasteiger partial charge in [0.1, 0.15) is 0 Å². The molecule has 5 nitrogen and oxygen atoms in total. The lowest BCUT2D eigenvalue weighted by atomic mass is 9.86. The summed E-state index contributed by atoms with van der Waals surface area (Å²) < 4.78 is 0. The van der Waals surface area contributed by atoms with Crippen molar-refractivity contribution in [1.29, 1.82) is 0 Å². The van der Waals surface area contributed by atoms with Gasteiger partial charge in [-0.05, 0) is 50.9 Å². The molecule has 0 spiro atoms. The standard InChI is InChI=1S/C14H23N5S/c1-9-6-4-5-7-12(9)17-14(20)19-18-13-15-10(2)8-11(3)16-13/h8-9,12H,4-7H2,1-3H3,(H,15,16,18)(H2,17,19,20). The molecule has 1 saturated carbocycles. The van der Waals surface area contributed by atoms with Crippen molar-refractivity contribution in [2.75, 3.05) is 5.43 Å². The Morgan fingerprint density at radius 2 is 1.85 bits per heavy atom. The first kappa shape index (κ1) is 15.0. The zero-order valence-corrected chi connectivity index (χ0v) is 13.2. The molecule has 3 N–H and O–H groups in total. The minimum atomic E-state index is 0.464. The molecule has 20 heavy (non-hydrogen) atoms. The van der Waals surface area contributed by atoms with Crippen LogP contribution in [0.3, 0.4) is 0 Å². The maximum Gasteiger partial charge on any atom is 0.242 e. The highest BCUT2D eigenvalue weighted by Crippen LogP contribution is 2.23. The molecule has 2 rings (SSSR count). The summed E-state index contributed by atoms with van der Waals surface area (Å²) >= 11 is 5.31. The Labute approximate surface area is 125 Å². The predicted octanol–water partition coefficient (Wildman–Crippen LogP) is 2.46. The number of hydrogen-bond acceptors (Lipinski definition) is 4. The molecule has 1 aromatic rings. The molecule has 2 unspecified atom stereocenters. The molecule has 2 atom stereocenters. The third-order valence-corrected chi connectivity index (χ3v) is 3.92. The molecule has 6 heteroatoms. The van der Waals surface area contributed by atoms with E-state index in [1.54, 1.807) is 0 Å². The molecular formula is C14H23N5S. The summed E-state index contributed by atoms with van der Waals surface area (Å²) in [6, 6.07) is 2.40. The highest BCUT2D eigenvalue weighted by molar-refractivity contribution is 7.80. The van der Waals surface area contributed by atoms with Crippen LogP contribution in [0.25, 0.3) is 0 Å². The van der Waals surface area contributed by atoms with Crippen LogP contribution in [0, 0.1) is 19.8 Å². The molecular weight excluding hydrogens is 270 g/mol. The number of nitrogens with zero attached hydrogens (tertiary/aromatic N) is 2. The van der Waals surface area contributed by atoms with E-state index < -0.39 is 0 Å². The lowest BCUT2D eigenvalue weighted by Gasteiger charge is -2.30. The van der Waals surface area contributed by atoms with Crippen molar-refractivity contribution in [2.24, 2.45) is 5.92 Å². The van der Waals surface area contributed by atoms with E-state index in [4.69, 9.17) is 12.2 Å². The lowest BCUT2D eigenvalue weighted by molar-refractivity contribution is 0.308. The number of anilines is 1. The molecule has 110 valence electrons. The van der Waals surface area contributed by atoms with Crippen LogP contribution in [0.4, 0.5) is 5.95 Å². The number of hydrazine groups is 1. The van der Waals surface area contributed by atoms with Crippen molar-refractivity contribution >= 4 is 23.3 Å². The predicted molar refractivity (Wildman–Crippen MR) is 85.4 cm³/mol. The topological polar surface area (TPSA) is 61.9 Å². The van der Waals surface area contributed by atoms with Crippen LogP contribution >= 0.6 is 12.2 Å². The summed E-state index contributed by atoms with van der Waals surface area (Å²) in [5.74, 6) is 1.21. The van der Waals surface area contributed by atoms with Gasteiger partial charge in [0.05, 0.1) is 0 Å². The fourth-order valence-corrected chi connectivity index (χ4v) is 2.83. The molecule has 0 bridgehead atoms. The van der Waals surface area contributed by atoms with Gasteiger partial charge in [0, 0.05) is 17.4 Å². The van der Waals surface area contributed by atoms with Gasteiger partial charge in [-0.2, -0.15) is 0 Å². The second-order valence-electron chi connectivity index (χ2n) is 5.57. The summed E-state index contributed by atoms with van der Waals surface area (Å²) in [5.41, 5.74) is 7.79. The minimum Gasteiger partial charge on any atom is -0.358 e. The van der Waals surface area contributed by atoms with Crippen LogP contribution < -0.4 is 16.2 Å². The summed E-state index contributed by atoms with van der Waals surface area (Å²) in [7, 11) is 0. The van der Waals surface area contributed by atoms with Crippen molar-refractivity contribution in [3.05, 3.63) is 17.5 Å². The molecule has 1 aliphatic carbocycles. The van der Waals surface area contributed by atoms with Gasteiger partial charge in [-0.15, -0.1) is 0 Å². The Balaban J connectivity index is 1.82. The first-order chi connectivity index (χ1) is 9.54. The number of nitrogens with one attached hydrogen (secondary N) is 3.